The molecule has 0 unspecified atom stereocenters. The average Bonchev–Trinajstić information content (AvgIpc) is 3.64. The van der Waals surface area contributed by atoms with Crippen LogP contribution in [-0.4, -0.2) is 17.9 Å². The Bertz CT molecular complexity index is 3150. The van der Waals surface area contributed by atoms with Crippen LogP contribution < -0.4 is 0 Å². The molecule has 0 saturated heterocycles. The summed E-state index contributed by atoms with van der Waals surface area (Å²) in [5.74, 6) is 0.572. The molecule has 0 atom stereocenters. The Morgan fingerprint density at radius 3 is 1.98 bits per heavy atom. The number of hydrogen-bond donors (Lipinski definition) is 1. The van der Waals surface area contributed by atoms with E-state index in [4.69, 9.17) is 14.4 Å². The zero-order chi connectivity index (χ0) is 36.7. The van der Waals surface area contributed by atoms with E-state index in [1.165, 1.54) is 16.2 Å². The number of aliphatic imine (C=N–C) groups is 2. The van der Waals surface area contributed by atoms with E-state index < -0.39 is 0 Å². The van der Waals surface area contributed by atoms with Gasteiger partial charge in [-0.05, 0) is 67.2 Å². The lowest BCUT2D eigenvalue weighted by Crippen LogP contribution is -2.05. The Morgan fingerprint density at radius 1 is 0.455 bits per heavy atom. The highest BCUT2D eigenvalue weighted by Gasteiger charge is 2.15. The lowest BCUT2D eigenvalue weighted by molar-refractivity contribution is 0.670. The van der Waals surface area contributed by atoms with Crippen molar-refractivity contribution in [3.8, 4) is 22.3 Å². The molecule has 258 valence electrons. The average molecular weight is 704 g/mol. The zero-order valence-electron chi connectivity index (χ0n) is 29.8. The van der Waals surface area contributed by atoms with Crippen molar-refractivity contribution in [3.63, 3.8) is 0 Å². The normalized spacial score (nSPS) is 12.1. The van der Waals surface area contributed by atoms with Crippen LogP contribution in [-0.2, 0) is 0 Å². The van der Waals surface area contributed by atoms with Crippen molar-refractivity contribution in [2.24, 2.45) is 9.98 Å². The summed E-state index contributed by atoms with van der Waals surface area (Å²) in [7, 11) is 0. The van der Waals surface area contributed by atoms with Crippen molar-refractivity contribution in [1.82, 2.24) is 0 Å². The van der Waals surface area contributed by atoms with E-state index in [1.807, 2.05) is 79.0 Å². The van der Waals surface area contributed by atoms with Crippen molar-refractivity contribution < 1.29 is 4.42 Å². The van der Waals surface area contributed by atoms with Gasteiger partial charge in [0.2, 0.25) is 0 Å². The Labute approximate surface area is 317 Å². The third-order valence-electron chi connectivity index (χ3n) is 10.4. The van der Waals surface area contributed by atoms with E-state index in [1.54, 1.807) is 0 Å². The van der Waals surface area contributed by atoms with E-state index in [-0.39, 0.29) is 5.84 Å². The molecular formula is C51H33N3O. The van der Waals surface area contributed by atoms with Crippen LogP contribution in [0.5, 0.6) is 0 Å². The minimum Gasteiger partial charge on any atom is -0.455 e. The van der Waals surface area contributed by atoms with E-state index in [9.17, 15) is 5.41 Å². The highest BCUT2D eigenvalue weighted by molar-refractivity contribution is 6.22. The molecule has 1 N–H and O–H groups in total. The fourth-order valence-corrected chi connectivity index (χ4v) is 7.71. The second kappa shape index (κ2) is 13.5. The molecule has 1 aromatic heterocycles. The molecule has 0 radical (unpaired) electrons. The Kier molecular flexibility index (Phi) is 7.93. The summed E-state index contributed by atoms with van der Waals surface area (Å²) >= 11 is 0. The molecule has 10 rings (SSSR count). The molecule has 0 aliphatic carbocycles. The largest absolute Gasteiger partial charge is 0.455 e. The van der Waals surface area contributed by atoms with Crippen LogP contribution >= 0.6 is 0 Å². The smallest absolute Gasteiger partial charge is 0.161 e. The van der Waals surface area contributed by atoms with Gasteiger partial charge in [0.15, 0.2) is 11.7 Å². The number of nitrogens with one attached hydrogen (secondary N) is 1. The SMILES string of the molecule is N=C(N=C(N=Cc1c2ccccc2cc2c1ccc1ccccc12)c1cccc(-c2cccc3c2oc2ccccc23)c1)c1ccc(-c2ccccc2)cc1. The number of furan rings is 1. The molecule has 0 fully saturated rings. The Hall–Kier alpha value is -7.43. The van der Waals surface area contributed by atoms with Crippen LogP contribution in [0.3, 0.4) is 0 Å². The molecule has 0 spiro atoms. The molecule has 0 aliphatic rings. The highest BCUT2D eigenvalue weighted by Crippen LogP contribution is 2.36. The topological polar surface area (TPSA) is 61.7 Å². The lowest BCUT2D eigenvalue weighted by Gasteiger charge is -2.11. The maximum Gasteiger partial charge on any atom is 0.161 e. The van der Waals surface area contributed by atoms with Crippen molar-refractivity contribution in [1.29, 1.82) is 5.41 Å². The first-order valence-electron chi connectivity index (χ1n) is 18.4. The van der Waals surface area contributed by atoms with E-state index >= 15 is 0 Å². The van der Waals surface area contributed by atoms with Gasteiger partial charge in [0.05, 0.1) is 0 Å². The van der Waals surface area contributed by atoms with Gasteiger partial charge in [-0.25, -0.2) is 9.98 Å². The number of benzene rings is 9. The van der Waals surface area contributed by atoms with Gasteiger partial charge in [-0.2, -0.15) is 0 Å². The number of rotatable bonds is 5. The van der Waals surface area contributed by atoms with Gasteiger partial charge < -0.3 is 4.42 Å². The summed E-state index contributed by atoms with van der Waals surface area (Å²) in [4.78, 5) is 10.1. The molecular weight excluding hydrogens is 671 g/mol. The third kappa shape index (κ3) is 5.87. The molecule has 0 bridgehead atoms. The predicted molar refractivity (Wildman–Crippen MR) is 231 cm³/mol. The maximum atomic E-state index is 9.23. The van der Waals surface area contributed by atoms with Crippen LogP contribution in [0, 0.1) is 5.41 Å². The summed E-state index contributed by atoms with van der Waals surface area (Å²) in [6, 6.07) is 64.4. The third-order valence-corrected chi connectivity index (χ3v) is 10.4. The highest BCUT2D eigenvalue weighted by atomic mass is 16.3. The van der Waals surface area contributed by atoms with Crippen LogP contribution in [0.2, 0.25) is 0 Å². The van der Waals surface area contributed by atoms with Crippen LogP contribution in [0.25, 0.3) is 76.5 Å². The minimum atomic E-state index is 0.130. The minimum absolute atomic E-state index is 0.130. The second-order valence-corrected chi connectivity index (χ2v) is 13.7. The van der Waals surface area contributed by atoms with Gasteiger partial charge in [0.1, 0.15) is 11.2 Å². The molecule has 1 heterocycles. The first-order chi connectivity index (χ1) is 27.2. The number of hydrogen-bond acceptors (Lipinski definition) is 2. The molecule has 0 amide bonds. The second-order valence-electron chi connectivity index (χ2n) is 13.7. The zero-order valence-corrected chi connectivity index (χ0v) is 29.8. The van der Waals surface area contributed by atoms with Crippen LogP contribution in [0.4, 0.5) is 0 Å². The first-order valence-corrected chi connectivity index (χ1v) is 18.4. The van der Waals surface area contributed by atoms with Gasteiger partial charge in [-0.1, -0.05) is 170 Å². The quantitative estimate of drug-likeness (QED) is 0.0825. The van der Waals surface area contributed by atoms with E-state index in [0.29, 0.717) is 11.4 Å². The molecule has 4 heteroatoms. The standard InChI is InChI=1S/C51H33N3O/c52-50(36-26-24-34(25-27-36)33-12-2-1-3-13-33)54-51(39-17-10-16-37(30-39)42-21-11-22-45-44-20-8-9-23-48(44)55-49(42)45)53-32-47-41-19-7-5-15-38(41)31-46-40-18-6-4-14-35(40)28-29-43(46)47/h1-32,52H. The van der Waals surface area contributed by atoms with Gasteiger partial charge in [0.25, 0.3) is 0 Å². The van der Waals surface area contributed by atoms with Crippen LogP contribution in [0.15, 0.2) is 202 Å². The first kappa shape index (κ1) is 32.2. The van der Waals surface area contributed by atoms with Crippen molar-refractivity contribution >= 4 is 72.1 Å². The lowest BCUT2D eigenvalue weighted by atomic mass is 9.94. The molecule has 0 aliphatic heterocycles. The number of para-hydroxylation sites is 2. The molecule has 55 heavy (non-hydrogen) atoms. The molecule has 9 aromatic carbocycles. The fourth-order valence-electron chi connectivity index (χ4n) is 7.71. The van der Waals surface area contributed by atoms with Crippen LogP contribution in [0.1, 0.15) is 16.7 Å². The molecule has 4 nitrogen and oxygen atoms in total. The molecule has 0 saturated carbocycles. The van der Waals surface area contributed by atoms with Gasteiger partial charge in [-0.3, -0.25) is 5.41 Å². The maximum absolute atomic E-state index is 9.23. The number of fused-ring (bicyclic) bond motifs is 7. The fraction of sp³-hybridized carbons (Fsp3) is 0. The summed E-state index contributed by atoms with van der Waals surface area (Å²) in [5, 5.41) is 18.3. The number of amidine groups is 2. The van der Waals surface area contributed by atoms with Gasteiger partial charge in [-0.15, -0.1) is 0 Å². The van der Waals surface area contributed by atoms with Gasteiger partial charge in [0, 0.05) is 39.2 Å². The summed E-state index contributed by atoms with van der Waals surface area (Å²) < 4.78 is 6.43. The predicted octanol–water partition coefficient (Wildman–Crippen LogP) is 13.3. The van der Waals surface area contributed by atoms with Crippen molar-refractivity contribution in [2.75, 3.05) is 0 Å². The van der Waals surface area contributed by atoms with Gasteiger partial charge >= 0.3 is 0 Å². The Morgan fingerprint density at radius 2 is 1.13 bits per heavy atom. The Balaban J connectivity index is 1.13. The van der Waals surface area contributed by atoms with Crippen molar-refractivity contribution in [2.45, 2.75) is 0 Å². The van der Waals surface area contributed by atoms with E-state index in [0.717, 1.165) is 71.5 Å². The molecule has 10 aromatic rings. The monoisotopic (exact) mass is 703 g/mol. The number of nitrogens with zero attached hydrogens (tertiary/aromatic N) is 2. The summed E-state index contributed by atoms with van der Waals surface area (Å²) in [6.45, 7) is 0. The summed E-state index contributed by atoms with van der Waals surface area (Å²) in [5.41, 5.74) is 8.37. The van der Waals surface area contributed by atoms with Crippen molar-refractivity contribution in [3.05, 3.63) is 205 Å². The van der Waals surface area contributed by atoms with E-state index in [2.05, 4.69) is 115 Å². The summed E-state index contributed by atoms with van der Waals surface area (Å²) in [6.07, 6.45) is 1.93.